The van der Waals surface area contributed by atoms with Crippen molar-refractivity contribution >= 4 is 28.6 Å². The summed E-state index contributed by atoms with van der Waals surface area (Å²) in [6, 6.07) is 7.61. The Bertz CT molecular complexity index is 378. The monoisotopic (exact) mass is 344 g/mol. The summed E-state index contributed by atoms with van der Waals surface area (Å²) < 4.78 is 6.55. The number of hydrogen-bond donors (Lipinski definition) is 0. The molecule has 0 bridgehead atoms. The van der Waals surface area contributed by atoms with E-state index in [1.807, 2.05) is 24.3 Å². The molecule has 2 rings (SSSR count). The average molecular weight is 344 g/mol. The molecular formula is C14H17IO2. The Morgan fingerprint density at radius 3 is 2.35 bits per heavy atom. The first-order valence-corrected chi connectivity index (χ1v) is 7.20. The molecule has 0 heterocycles. The van der Waals surface area contributed by atoms with Gasteiger partial charge >= 0.3 is 5.97 Å². The lowest BCUT2D eigenvalue weighted by Gasteiger charge is -2.24. The van der Waals surface area contributed by atoms with Crippen LogP contribution in [0.15, 0.2) is 24.3 Å². The summed E-state index contributed by atoms with van der Waals surface area (Å²) in [5.41, 5.74) is 0. The van der Waals surface area contributed by atoms with E-state index in [4.69, 9.17) is 4.74 Å². The van der Waals surface area contributed by atoms with E-state index in [1.54, 1.807) is 0 Å². The number of hydrogen-bond acceptors (Lipinski definition) is 2. The third-order valence-electron chi connectivity index (χ3n) is 3.38. The minimum Gasteiger partial charge on any atom is -0.426 e. The lowest BCUT2D eigenvalue weighted by Crippen LogP contribution is -2.24. The number of ether oxygens (including phenoxy) is 1. The van der Waals surface area contributed by atoms with Crippen LogP contribution in [0.2, 0.25) is 0 Å². The van der Waals surface area contributed by atoms with Gasteiger partial charge in [-0.2, -0.15) is 0 Å². The SMILES string of the molecule is CC1CCC(C(=O)Oc2ccc(I)cc2)CC1. The maximum atomic E-state index is 11.9. The van der Waals surface area contributed by atoms with Gasteiger partial charge in [-0.05, 0) is 78.5 Å². The summed E-state index contributed by atoms with van der Waals surface area (Å²) in [7, 11) is 0. The van der Waals surface area contributed by atoms with Crippen molar-refractivity contribution < 1.29 is 9.53 Å². The molecule has 0 unspecified atom stereocenters. The second kappa shape index (κ2) is 5.85. The van der Waals surface area contributed by atoms with E-state index in [2.05, 4.69) is 29.5 Å². The second-order valence-electron chi connectivity index (χ2n) is 4.83. The Morgan fingerprint density at radius 1 is 1.18 bits per heavy atom. The van der Waals surface area contributed by atoms with E-state index < -0.39 is 0 Å². The molecule has 0 saturated heterocycles. The largest absolute Gasteiger partial charge is 0.426 e. The van der Waals surface area contributed by atoms with E-state index in [0.29, 0.717) is 5.75 Å². The van der Waals surface area contributed by atoms with Crippen LogP contribution in [0.25, 0.3) is 0 Å². The molecule has 0 aliphatic heterocycles. The Kier molecular flexibility index (Phi) is 4.42. The molecular weight excluding hydrogens is 327 g/mol. The molecule has 17 heavy (non-hydrogen) atoms. The maximum Gasteiger partial charge on any atom is 0.314 e. The molecule has 0 aromatic heterocycles. The molecule has 2 nitrogen and oxygen atoms in total. The normalized spacial score (nSPS) is 24.4. The second-order valence-corrected chi connectivity index (χ2v) is 6.08. The van der Waals surface area contributed by atoms with Crippen molar-refractivity contribution in [1.82, 2.24) is 0 Å². The third kappa shape index (κ3) is 3.69. The van der Waals surface area contributed by atoms with E-state index in [-0.39, 0.29) is 11.9 Å². The third-order valence-corrected chi connectivity index (χ3v) is 4.10. The number of carbonyl (C=O) groups is 1. The van der Waals surface area contributed by atoms with Crippen molar-refractivity contribution in [3.05, 3.63) is 27.8 Å². The van der Waals surface area contributed by atoms with Crippen LogP contribution < -0.4 is 4.74 Å². The highest BCUT2D eigenvalue weighted by Gasteiger charge is 2.25. The molecule has 1 saturated carbocycles. The quantitative estimate of drug-likeness (QED) is 0.460. The van der Waals surface area contributed by atoms with Crippen LogP contribution in [0.5, 0.6) is 5.75 Å². The zero-order chi connectivity index (χ0) is 12.3. The first-order valence-electron chi connectivity index (χ1n) is 6.12. The maximum absolute atomic E-state index is 11.9. The van der Waals surface area contributed by atoms with E-state index in [9.17, 15) is 4.79 Å². The summed E-state index contributed by atoms with van der Waals surface area (Å²) >= 11 is 2.24. The fourth-order valence-corrected chi connectivity index (χ4v) is 2.56. The predicted octanol–water partition coefficient (Wildman–Crippen LogP) is 4.02. The molecule has 0 radical (unpaired) electrons. The Labute approximate surface area is 116 Å². The summed E-state index contributed by atoms with van der Waals surface area (Å²) in [5.74, 6) is 1.47. The molecule has 0 spiro atoms. The molecule has 1 aromatic carbocycles. The van der Waals surface area contributed by atoms with Crippen LogP contribution in [-0.4, -0.2) is 5.97 Å². The molecule has 1 aliphatic rings. The summed E-state index contributed by atoms with van der Waals surface area (Å²) in [4.78, 5) is 11.9. The van der Waals surface area contributed by atoms with Gasteiger partial charge in [-0.1, -0.05) is 6.92 Å². The fourth-order valence-electron chi connectivity index (χ4n) is 2.20. The number of esters is 1. The highest BCUT2D eigenvalue weighted by atomic mass is 127. The molecule has 0 atom stereocenters. The van der Waals surface area contributed by atoms with Gasteiger partial charge in [0.05, 0.1) is 5.92 Å². The van der Waals surface area contributed by atoms with E-state index in [1.165, 1.54) is 0 Å². The lowest BCUT2D eigenvalue weighted by atomic mass is 9.83. The molecule has 0 amide bonds. The average Bonchev–Trinajstić information content (AvgIpc) is 2.33. The Balaban J connectivity index is 1.90. The van der Waals surface area contributed by atoms with Crippen LogP contribution in [0.1, 0.15) is 32.6 Å². The van der Waals surface area contributed by atoms with Crippen LogP contribution in [0.4, 0.5) is 0 Å². The van der Waals surface area contributed by atoms with E-state index in [0.717, 1.165) is 35.2 Å². The minimum atomic E-state index is -0.0573. The number of rotatable bonds is 2. The van der Waals surface area contributed by atoms with Crippen molar-refractivity contribution in [3.63, 3.8) is 0 Å². The number of halogens is 1. The number of benzene rings is 1. The summed E-state index contributed by atoms with van der Waals surface area (Å²) in [6.07, 6.45) is 4.24. The molecule has 1 aromatic rings. The summed E-state index contributed by atoms with van der Waals surface area (Å²) in [5, 5.41) is 0. The van der Waals surface area contributed by atoms with Gasteiger partial charge in [0, 0.05) is 3.57 Å². The van der Waals surface area contributed by atoms with Crippen molar-refractivity contribution in [2.45, 2.75) is 32.6 Å². The highest BCUT2D eigenvalue weighted by Crippen LogP contribution is 2.29. The molecule has 0 N–H and O–H groups in total. The molecule has 1 aliphatic carbocycles. The fraction of sp³-hybridized carbons (Fsp3) is 0.500. The minimum absolute atomic E-state index is 0.0573. The van der Waals surface area contributed by atoms with Gasteiger partial charge in [-0.3, -0.25) is 4.79 Å². The van der Waals surface area contributed by atoms with Crippen molar-refractivity contribution in [2.75, 3.05) is 0 Å². The zero-order valence-electron chi connectivity index (χ0n) is 9.99. The van der Waals surface area contributed by atoms with Gasteiger partial charge in [0.2, 0.25) is 0 Å². The number of carbonyl (C=O) groups excluding carboxylic acids is 1. The molecule has 1 fully saturated rings. The van der Waals surface area contributed by atoms with Crippen LogP contribution in [0, 0.1) is 15.4 Å². The Morgan fingerprint density at radius 2 is 1.76 bits per heavy atom. The molecule has 92 valence electrons. The zero-order valence-corrected chi connectivity index (χ0v) is 12.1. The van der Waals surface area contributed by atoms with Gasteiger partial charge < -0.3 is 4.74 Å². The first-order chi connectivity index (χ1) is 8.15. The van der Waals surface area contributed by atoms with Crippen LogP contribution >= 0.6 is 22.6 Å². The van der Waals surface area contributed by atoms with Crippen molar-refractivity contribution in [1.29, 1.82) is 0 Å². The smallest absolute Gasteiger partial charge is 0.314 e. The van der Waals surface area contributed by atoms with Gasteiger partial charge in [0.25, 0.3) is 0 Å². The standard InChI is InChI=1S/C14H17IO2/c1-10-2-4-11(5-3-10)14(16)17-13-8-6-12(15)7-9-13/h6-11H,2-5H2,1H3. The van der Waals surface area contributed by atoms with Gasteiger partial charge in [0.1, 0.15) is 5.75 Å². The van der Waals surface area contributed by atoms with Crippen LogP contribution in [0.3, 0.4) is 0 Å². The van der Waals surface area contributed by atoms with E-state index >= 15 is 0 Å². The molecule has 3 heteroatoms. The van der Waals surface area contributed by atoms with Crippen molar-refractivity contribution in [3.8, 4) is 5.75 Å². The predicted molar refractivity (Wildman–Crippen MR) is 75.9 cm³/mol. The first kappa shape index (κ1) is 12.9. The van der Waals surface area contributed by atoms with Gasteiger partial charge in [-0.25, -0.2) is 0 Å². The lowest BCUT2D eigenvalue weighted by molar-refractivity contribution is -0.140. The van der Waals surface area contributed by atoms with Crippen molar-refractivity contribution in [2.24, 2.45) is 11.8 Å². The van der Waals surface area contributed by atoms with Crippen LogP contribution in [-0.2, 0) is 4.79 Å². The highest BCUT2D eigenvalue weighted by molar-refractivity contribution is 14.1. The van der Waals surface area contributed by atoms with Gasteiger partial charge in [0.15, 0.2) is 0 Å². The summed E-state index contributed by atoms with van der Waals surface area (Å²) in [6.45, 7) is 2.25. The topological polar surface area (TPSA) is 26.3 Å². The Hall–Kier alpha value is -0.580. The van der Waals surface area contributed by atoms with Gasteiger partial charge in [-0.15, -0.1) is 0 Å².